The summed E-state index contributed by atoms with van der Waals surface area (Å²) in [6.07, 6.45) is 1.27. The van der Waals surface area contributed by atoms with Gasteiger partial charge in [0.15, 0.2) is 6.10 Å². The third-order valence-electron chi connectivity index (χ3n) is 2.95. The molecule has 0 unspecified atom stereocenters. The van der Waals surface area contributed by atoms with Crippen molar-refractivity contribution in [3.05, 3.63) is 30.0 Å². The summed E-state index contributed by atoms with van der Waals surface area (Å²) in [6, 6.07) is 5.66. The van der Waals surface area contributed by atoms with E-state index in [9.17, 15) is 4.79 Å². The van der Waals surface area contributed by atoms with Crippen LogP contribution in [-0.2, 0) is 16.0 Å². The van der Waals surface area contributed by atoms with Gasteiger partial charge >= 0.3 is 5.97 Å². The quantitative estimate of drug-likeness (QED) is 0.847. The van der Waals surface area contributed by atoms with E-state index < -0.39 is 12.1 Å². The van der Waals surface area contributed by atoms with Crippen molar-refractivity contribution in [1.82, 2.24) is 4.98 Å². The summed E-state index contributed by atoms with van der Waals surface area (Å²) in [5.41, 5.74) is 1.77. The number of carboxylic acid groups (broad SMARTS) is 1. The summed E-state index contributed by atoms with van der Waals surface area (Å²) >= 11 is 0. The summed E-state index contributed by atoms with van der Waals surface area (Å²) in [7, 11) is 3.00. The Morgan fingerprint density at radius 3 is 2.83 bits per heavy atom. The second-order valence-corrected chi connectivity index (χ2v) is 3.96. The van der Waals surface area contributed by atoms with Gasteiger partial charge in [-0.3, -0.25) is 0 Å². The molecule has 1 atom stereocenters. The largest absolute Gasteiger partial charge is 0.495 e. The number of rotatable bonds is 5. The van der Waals surface area contributed by atoms with E-state index in [0.717, 1.165) is 22.2 Å². The van der Waals surface area contributed by atoms with Gasteiger partial charge < -0.3 is 19.6 Å². The fraction of sp³-hybridized carbons (Fsp3) is 0.308. The zero-order valence-electron chi connectivity index (χ0n) is 10.3. The highest BCUT2D eigenvalue weighted by Gasteiger charge is 2.19. The molecule has 0 saturated carbocycles. The lowest BCUT2D eigenvalue weighted by Gasteiger charge is -2.09. The lowest BCUT2D eigenvalue weighted by molar-refractivity contribution is -0.148. The Hall–Kier alpha value is -2.01. The second kappa shape index (κ2) is 5.10. The zero-order valence-corrected chi connectivity index (χ0v) is 10.3. The van der Waals surface area contributed by atoms with E-state index >= 15 is 0 Å². The highest BCUT2D eigenvalue weighted by atomic mass is 16.5. The number of para-hydroxylation sites is 1. The van der Waals surface area contributed by atoms with Crippen molar-refractivity contribution in [2.75, 3.05) is 14.2 Å². The molecule has 0 aliphatic carbocycles. The lowest BCUT2D eigenvalue weighted by Crippen LogP contribution is -2.24. The third-order valence-corrected chi connectivity index (χ3v) is 2.95. The van der Waals surface area contributed by atoms with Crippen molar-refractivity contribution in [2.24, 2.45) is 0 Å². The number of carboxylic acids is 1. The Morgan fingerprint density at radius 2 is 2.22 bits per heavy atom. The van der Waals surface area contributed by atoms with Crippen molar-refractivity contribution in [3.63, 3.8) is 0 Å². The molecular weight excluding hydrogens is 234 g/mol. The maximum Gasteiger partial charge on any atom is 0.333 e. The summed E-state index contributed by atoms with van der Waals surface area (Å²) in [4.78, 5) is 14.1. The van der Waals surface area contributed by atoms with E-state index in [4.69, 9.17) is 14.6 Å². The smallest absolute Gasteiger partial charge is 0.333 e. The van der Waals surface area contributed by atoms with Crippen LogP contribution in [0.15, 0.2) is 24.4 Å². The first-order valence-corrected chi connectivity index (χ1v) is 5.56. The molecule has 2 aromatic rings. The van der Waals surface area contributed by atoms with Gasteiger partial charge in [0.25, 0.3) is 0 Å². The minimum Gasteiger partial charge on any atom is -0.495 e. The number of carbonyl (C=O) groups is 1. The molecule has 0 bridgehead atoms. The van der Waals surface area contributed by atoms with Crippen LogP contribution in [0, 0.1) is 0 Å². The van der Waals surface area contributed by atoms with Gasteiger partial charge in [-0.25, -0.2) is 4.79 Å². The highest BCUT2D eigenvalue weighted by molar-refractivity contribution is 5.89. The molecular formula is C13H15NO4. The molecule has 0 aliphatic heterocycles. The van der Waals surface area contributed by atoms with E-state index in [1.165, 1.54) is 7.11 Å². The van der Waals surface area contributed by atoms with E-state index in [1.54, 1.807) is 13.3 Å². The monoisotopic (exact) mass is 249 g/mol. The summed E-state index contributed by atoms with van der Waals surface area (Å²) < 4.78 is 10.2. The molecule has 96 valence electrons. The van der Waals surface area contributed by atoms with Gasteiger partial charge in [-0.15, -0.1) is 0 Å². The lowest BCUT2D eigenvalue weighted by atomic mass is 10.1. The summed E-state index contributed by atoms with van der Waals surface area (Å²) in [6.45, 7) is 0. The number of ether oxygens (including phenoxy) is 2. The first kappa shape index (κ1) is 12.4. The van der Waals surface area contributed by atoms with Gasteiger partial charge in [0.05, 0.1) is 12.6 Å². The molecule has 1 aromatic heterocycles. The molecule has 0 aliphatic rings. The van der Waals surface area contributed by atoms with Crippen LogP contribution >= 0.6 is 0 Å². The van der Waals surface area contributed by atoms with Crippen LogP contribution in [-0.4, -0.2) is 36.4 Å². The minimum absolute atomic E-state index is 0.318. The number of aromatic nitrogens is 1. The number of nitrogens with one attached hydrogen (secondary N) is 1. The van der Waals surface area contributed by atoms with Crippen LogP contribution in [0.5, 0.6) is 5.75 Å². The van der Waals surface area contributed by atoms with Gasteiger partial charge in [0.1, 0.15) is 5.75 Å². The SMILES string of the molecule is COc1cccc2c(C[C@H](OC)C(=O)O)c[nH]c12. The van der Waals surface area contributed by atoms with E-state index in [1.807, 2.05) is 18.2 Å². The van der Waals surface area contributed by atoms with Crippen molar-refractivity contribution in [2.45, 2.75) is 12.5 Å². The second-order valence-electron chi connectivity index (χ2n) is 3.96. The van der Waals surface area contributed by atoms with Crippen LogP contribution in [0.25, 0.3) is 10.9 Å². The van der Waals surface area contributed by atoms with Crippen molar-refractivity contribution >= 4 is 16.9 Å². The molecule has 2 rings (SSSR count). The van der Waals surface area contributed by atoms with E-state index in [-0.39, 0.29) is 0 Å². The van der Waals surface area contributed by atoms with Gasteiger partial charge in [-0.1, -0.05) is 12.1 Å². The normalized spacial score (nSPS) is 12.6. The highest BCUT2D eigenvalue weighted by Crippen LogP contribution is 2.27. The average Bonchev–Trinajstić information content (AvgIpc) is 2.78. The Kier molecular flexibility index (Phi) is 3.53. The molecule has 1 aromatic carbocycles. The van der Waals surface area contributed by atoms with Gasteiger partial charge in [-0.2, -0.15) is 0 Å². The molecule has 0 amide bonds. The number of aromatic amines is 1. The number of benzene rings is 1. The first-order chi connectivity index (χ1) is 8.67. The van der Waals surface area contributed by atoms with Crippen molar-refractivity contribution < 1.29 is 19.4 Å². The molecule has 5 nitrogen and oxygen atoms in total. The number of fused-ring (bicyclic) bond motifs is 1. The average molecular weight is 249 g/mol. The predicted molar refractivity (Wildman–Crippen MR) is 67.0 cm³/mol. The topological polar surface area (TPSA) is 71.6 Å². The molecule has 5 heteroatoms. The van der Waals surface area contributed by atoms with Crippen LogP contribution in [0.3, 0.4) is 0 Å². The zero-order chi connectivity index (χ0) is 13.1. The Bertz CT molecular complexity index is 561. The Morgan fingerprint density at radius 1 is 1.44 bits per heavy atom. The number of hydrogen-bond donors (Lipinski definition) is 2. The molecule has 2 N–H and O–H groups in total. The number of hydrogen-bond acceptors (Lipinski definition) is 3. The van der Waals surface area contributed by atoms with E-state index in [2.05, 4.69) is 4.98 Å². The summed E-state index contributed by atoms with van der Waals surface area (Å²) in [5.74, 6) is -0.224. The predicted octanol–water partition coefficient (Wildman–Crippen LogP) is 1.82. The molecule has 0 saturated heterocycles. The van der Waals surface area contributed by atoms with Gasteiger partial charge in [0, 0.05) is 25.1 Å². The maximum absolute atomic E-state index is 11.0. The molecule has 0 spiro atoms. The van der Waals surface area contributed by atoms with Crippen LogP contribution in [0.4, 0.5) is 0 Å². The van der Waals surface area contributed by atoms with Crippen molar-refractivity contribution in [1.29, 1.82) is 0 Å². The number of aliphatic carboxylic acids is 1. The molecule has 0 fully saturated rings. The Labute approximate surface area is 104 Å². The minimum atomic E-state index is -0.963. The Balaban J connectivity index is 2.38. The molecule has 18 heavy (non-hydrogen) atoms. The van der Waals surface area contributed by atoms with Crippen LogP contribution in [0.2, 0.25) is 0 Å². The van der Waals surface area contributed by atoms with Gasteiger partial charge in [-0.05, 0) is 11.6 Å². The van der Waals surface area contributed by atoms with Crippen LogP contribution in [0.1, 0.15) is 5.56 Å². The fourth-order valence-electron chi connectivity index (χ4n) is 1.99. The van der Waals surface area contributed by atoms with Gasteiger partial charge in [0.2, 0.25) is 0 Å². The van der Waals surface area contributed by atoms with Crippen molar-refractivity contribution in [3.8, 4) is 5.75 Å². The number of methoxy groups -OCH3 is 2. The molecule has 0 radical (unpaired) electrons. The standard InChI is InChI=1S/C13H15NO4/c1-17-10-5-3-4-9-8(7-14-12(9)10)6-11(18-2)13(15)16/h3-5,7,11,14H,6H2,1-2H3,(H,15,16)/t11-/m0/s1. The maximum atomic E-state index is 11.0. The van der Waals surface area contributed by atoms with Crippen LogP contribution < -0.4 is 4.74 Å². The summed E-state index contributed by atoms with van der Waals surface area (Å²) in [5, 5.41) is 9.94. The number of H-pyrrole nitrogens is 1. The fourth-order valence-corrected chi connectivity index (χ4v) is 1.99. The van der Waals surface area contributed by atoms with E-state index in [0.29, 0.717) is 6.42 Å². The molecule has 1 heterocycles. The first-order valence-electron chi connectivity index (χ1n) is 5.56. The third kappa shape index (κ3) is 2.17.